The number of nitrogens with one attached hydrogen (secondary N) is 1. The summed E-state index contributed by atoms with van der Waals surface area (Å²) in [7, 11) is 0. The topological polar surface area (TPSA) is 53.6 Å². The molecule has 1 aromatic heterocycles. The van der Waals surface area contributed by atoms with Crippen LogP contribution in [0.4, 0.5) is 0 Å². The standard InChI is InChI=1S/C16H20N4/c1-2-9-18-10-3-4-15-12-19-20(13-15)16-7-5-14(11-17)6-8-16/h5-8,12-13,18H,2-4,9-10H2,1H3. The van der Waals surface area contributed by atoms with Crippen molar-refractivity contribution in [3.05, 3.63) is 47.8 Å². The molecule has 0 aliphatic carbocycles. The van der Waals surface area contributed by atoms with E-state index in [2.05, 4.69) is 29.6 Å². The first-order valence-electron chi connectivity index (χ1n) is 7.08. The Kier molecular flexibility index (Phi) is 5.33. The van der Waals surface area contributed by atoms with Gasteiger partial charge < -0.3 is 5.32 Å². The highest BCUT2D eigenvalue weighted by Crippen LogP contribution is 2.10. The van der Waals surface area contributed by atoms with Gasteiger partial charge in [-0.15, -0.1) is 0 Å². The second-order valence-corrected chi connectivity index (χ2v) is 4.81. The fourth-order valence-corrected chi connectivity index (χ4v) is 2.04. The Hall–Kier alpha value is -2.12. The SMILES string of the molecule is CCCNCCCc1cnn(-c2ccc(C#N)cc2)c1. The fraction of sp³-hybridized carbons (Fsp3) is 0.375. The van der Waals surface area contributed by atoms with E-state index < -0.39 is 0 Å². The minimum Gasteiger partial charge on any atom is -0.317 e. The third kappa shape index (κ3) is 3.94. The van der Waals surface area contributed by atoms with Crippen LogP contribution in [0.15, 0.2) is 36.7 Å². The number of aromatic nitrogens is 2. The van der Waals surface area contributed by atoms with Crippen LogP contribution in [0.3, 0.4) is 0 Å². The molecule has 0 spiro atoms. The van der Waals surface area contributed by atoms with Gasteiger partial charge in [-0.2, -0.15) is 10.4 Å². The third-order valence-corrected chi connectivity index (χ3v) is 3.14. The molecule has 0 saturated carbocycles. The van der Waals surface area contributed by atoms with E-state index in [4.69, 9.17) is 5.26 Å². The lowest BCUT2D eigenvalue weighted by molar-refractivity contribution is 0.640. The number of rotatable bonds is 7. The Balaban J connectivity index is 1.89. The second-order valence-electron chi connectivity index (χ2n) is 4.81. The van der Waals surface area contributed by atoms with E-state index in [1.807, 2.05) is 35.1 Å². The molecule has 0 saturated heterocycles. The molecular weight excluding hydrogens is 248 g/mol. The van der Waals surface area contributed by atoms with Gasteiger partial charge in [0, 0.05) is 6.20 Å². The van der Waals surface area contributed by atoms with Crippen LogP contribution in [-0.2, 0) is 6.42 Å². The van der Waals surface area contributed by atoms with Crippen LogP contribution in [0, 0.1) is 11.3 Å². The van der Waals surface area contributed by atoms with Crippen molar-refractivity contribution >= 4 is 0 Å². The van der Waals surface area contributed by atoms with Gasteiger partial charge in [-0.25, -0.2) is 4.68 Å². The molecule has 2 rings (SSSR count). The molecule has 4 nitrogen and oxygen atoms in total. The van der Waals surface area contributed by atoms with Gasteiger partial charge in [0.2, 0.25) is 0 Å². The molecule has 0 amide bonds. The van der Waals surface area contributed by atoms with Crippen molar-refractivity contribution in [3.63, 3.8) is 0 Å². The zero-order chi connectivity index (χ0) is 14.2. The highest BCUT2D eigenvalue weighted by atomic mass is 15.3. The highest BCUT2D eigenvalue weighted by molar-refractivity contribution is 5.39. The normalized spacial score (nSPS) is 10.4. The molecule has 4 heteroatoms. The second kappa shape index (κ2) is 7.46. The van der Waals surface area contributed by atoms with Crippen molar-refractivity contribution < 1.29 is 0 Å². The minimum atomic E-state index is 0.670. The molecule has 0 aliphatic heterocycles. The summed E-state index contributed by atoms with van der Waals surface area (Å²) in [6.45, 7) is 4.31. The highest BCUT2D eigenvalue weighted by Gasteiger charge is 2.01. The van der Waals surface area contributed by atoms with E-state index in [0.717, 1.165) is 31.6 Å². The summed E-state index contributed by atoms with van der Waals surface area (Å²) in [5.41, 5.74) is 2.90. The van der Waals surface area contributed by atoms with Crippen LogP contribution in [0.1, 0.15) is 30.9 Å². The summed E-state index contributed by atoms with van der Waals surface area (Å²) in [6.07, 6.45) is 7.31. The van der Waals surface area contributed by atoms with Crippen LogP contribution in [0.5, 0.6) is 0 Å². The van der Waals surface area contributed by atoms with Crippen LogP contribution in [0.25, 0.3) is 5.69 Å². The molecule has 2 aromatic rings. The van der Waals surface area contributed by atoms with Gasteiger partial charge in [0.25, 0.3) is 0 Å². The van der Waals surface area contributed by atoms with Gasteiger partial charge in [0.15, 0.2) is 0 Å². The van der Waals surface area contributed by atoms with E-state index in [0.29, 0.717) is 5.56 Å². The Morgan fingerprint density at radius 3 is 2.75 bits per heavy atom. The lowest BCUT2D eigenvalue weighted by Gasteiger charge is -2.01. The van der Waals surface area contributed by atoms with E-state index in [-0.39, 0.29) is 0 Å². The van der Waals surface area contributed by atoms with Crippen LogP contribution in [0.2, 0.25) is 0 Å². The van der Waals surface area contributed by atoms with Crippen LogP contribution in [-0.4, -0.2) is 22.9 Å². The Morgan fingerprint density at radius 1 is 1.25 bits per heavy atom. The maximum atomic E-state index is 8.78. The molecule has 0 aliphatic rings. The first-order valence-corrected chi connectivity index (χ1v) is 7.08. The molecular formula is C16H20N4. The lowest BCUT2D eigenvalue weighted by Crippen LogP contribution is -2.16. The van der Waals surface area contributed by atoms with Gasteiger partial charge in [-0.05, 0) is 62.2 Å². The first kappa shape index (κ1) is 14.3. The zero-order valence-electron chi connectivity index (χ0n) is 11.8. The smallest absolute Gasteiger partial charge is 0.0991 e. The average molecular weight is 268 g/mol. The van der Waals surface area contributed by atoms with Crippen molar-refractivity contribution in [2.24, 2.45) is 0 Å². The first-order chi connectivity index (χ1) is 9.83. The molecule has 1 heterocycles. The van der Waals surface area contributed by atoms with Gasteiger partial charge in [0.1, 0.15) is 0 Å². The number of hydrogen-bond donors (Lipinski definition) is 1. The molecule has 0 radical (unpaired) electrons. The number of nitrogens with zero attached hydrogens (tertiary/aromatic N) is 3. The van der Waals surface area contributed by atoms with Crippen molar-refractivity contribution in [3.8, 4) is 11.8 Å². The lowest BCUT2D eigenvalue weighted by atomic mass is 10.2. The number of nitriles is 1. The zero-order valence-corrected chi connectivity index (χ0v) is 11.8. The quantitative estimate of drug-likeness (QED) is 0.785. The maximum absolute atomic E-state index is 8.78. The largest absolute Gasteiger partial charge is 0.317 e. The molecule has 0 atom stereocenters. The predicted molar refractivity (Wildman–Crippen MR) is 79.8 cm³/mol. The molecule has 0 unspecified atom stereocenters. The number of benzene rings is 1. The van der Waals surface area contributed by atoms with Gasteiger partial charge >= 0.3 is 0 Å². The van der Waals surface area contributed by atoms with Crippen molar-refractivity contribution in [2.45, 2.75) is 26.2 Å². The van der Waals surface area contributed by atoms with E-state index in [9.17, 15) is 0 Å². The number of hydrogen-bond acceptors (Lipinski definition) is 3. The van der Waals surface area contributed by atoms with Crippen LogP contribution < -0.4 is 5.32 Å². The van der Waals surface area contributed by atoms with Gasteiger partial charge in [0.05, 0.1) is 23.5 Å². The molecule has 20 heavy (non-hydrogen) atoms. The van der Waals surface area contributed by atoms with E-state index in [1.165, 1.54) is 12.0 Å². The Bertz CT molecular complexity index is 563. The van der Waals surface area contributed by atoms with Gasteiger partial charge in [-0.1, -0.05) is 6.92 Å². The number of aryl methyl sites for hydroxylation is 1. The molecule has 104 valence electrons. The minimum absolute atomic E-state index is 0.670. The summed E-state index contributed by atoms with van der Waals surface area (Å²) in [5, 5.41) is 16.6. The maximum Gasteiger partial charge on any atom is 0.0991 e. The molecule has 1 N–H and O–H groups in total. The summed E-state index contributed by atoms with van der Waals surface area (Å²) >= 11 is 0. The van der Waals surface area contributed by atoms with E-state index >= 15 is 0 Å². The van der Waals surface area contributed by atoms with Crippen LogP contribution >= 0.6 is 0 Å². The van der Waals surface area contributed by atoms with Crippen molar-refractivity contribution in [1.82, 2.24) is 15.1 Å². The van der Waals surface area contributed by atoms with Gasteiger partial charge in [-0.3, -0.25) is 0 Å². The third-order valence-electron chi connectivity index (χ3n) is 3.14. The predicted octanol–water partition coefficient (Wildman–Crippen LogP) is 2.68. The fourth-order valence-electron chi connectivity index (χ4n) is 2.04. The monoisotopic (exact) mass is 268 g/mol. The summed E-state index contributed by atoms with van der Waals surface area (Å²) in [4.78, 5) is 0. The summed E-state index contributed by atoms with van der Waals surface area (Å²) in [5.74, 6) is 0. The Labute approximate surface area is 120 Å². The summed E-state index contributed by atoms with van der Waals surface area (Å²) in [6, 6.07) is 9.57. The molecule has 0 fully saturated rings. The summed E-state index contributed by atoms with van der Waals surface area (Å²) < 4.78 is 1.86. The molecule has 0 bridgehead atoms. The van der Waals surface area contributed by atoms with Crippen molar-refractivity contribution in [1.29, 1.82) is 5.26 Å². The average Bonchev–Trinajstić information content (AvgIpc) is 2.96. The Morgan fingerprint density at radius 2 is 2.05 bits per heavy atom. The van der Waals surface area contributed by atoms with E-state index in [1.54, 1.807) is 0 Å². The van der Waals surface area contributed by atoms with Crippen molar-refractivity contribution in [2.75, 3.05) is 13.1 Å². The molecule has 1 aromatic carbocycles.